The molecule has 0 aliphatic heterocycles. The lowest BCUT2D eigenvalue weighted by Crippen LogP contribution is -2.14. The molecule has 1 aromatic heterocycles. The van der Waals surface area contributed by atoms with E-state index < -0.39 is 0 Å². The molecule has 3 nitrogen and oxygen atoms in total. The van der Waals surface area contributed by atoms with E-state index in [1.54, 1.807) is 23.7 Å². The topological polar surface area (TPSA) is 29.9 Å². The summed E-state index contributed by atoms with van der Waals surface area (Å²) in [6.45, 7) is 5.64. The number of hydrogen-bond acceptors (Lipinski definition) is 2. The third kappa shape index (κ3) is 2.96. The van der Waals surface area contributed by atoms with Crippen molar-refractivity contribution >= 4 is 0 Å². The van der Waals surface area contributed by atoms with Gasteiger partial charge in [-0.1, -0.05) is 6.92 Å². The molecule has 0 radical (unpaired) electrons. The van der Waals surface area contributed by atoms with E-state index >= 15 is 0 Å². The number of aryl methyl sites for hydroxylation is 1. The standard InChI is InChI=1S/C14H18FN3/c1-3-7-16-10-12-6-8-18(17-12)13-4-5-14(15)11(2)9-13/h4-6,8-9,16H,3,7,10H2,1-2H3. The fourth-order valence-corrected chi connectivity index (χ4v) is 1.76. The van der Waals surface area contributed by atoms with Gasteiger partial charge in [-0.05, 0) is 49.7 Å². The lowest BCUT2D eigenvalue weighted by molar-refractivity contribution is 0.617. The van der Waals surface area contributed by atoms with Gasteiger partial charge in [0.05, 0.1) is 11.4 Å². The molecule has 0 spiro atoms. The van der Waals surface area contributed by atoms with E-state index in [1.807, 2.05) is 12.3 Å². The van der Waals surface area contributed by atoms with Crippen LogP contribution in [0.5, 0.6) is 0 Å². The Balaban J connectivity index is 2.11. The van der Waals surface area contributed by atoms with Gasteiger partial charge in [0, 0.05) is 12.7 Å². The highest BCUT2D eigenvalue weighted by Gasteiger charge is 2.03. The quantitative estimate of drug-likeness (QED) is 0.823. The lowest BCUT2D eigenvalue weighted by Gasteiger charge is -2.03. The molecule has 18 heavy (non-hydrogen) atoms. The number of aromatic nitrogens is 2. The monoisotopic (exact) mass is 247 g/mol. The number of nitrogens with one attached hydrogen (secondary N) is 1. The molecule has 0 amide bonds. The minimum absolute atomic E-state index is 0.184. The van der Waals surface area contributed by atoms with E-state index in [0.29, 0.717) is 5.56 Å². The van der Waals surface area contributed by atoms with Crippen LogP contribution in [0.1, 0.15) is 24.6 Å². The molecule has 0 unspecified atom stereocenters. The third-order valence-corrected chi connectivity index (χ3v) is 2.78. The highest BCUT2D eigenvalue weighted by atomic mass is 19.1. The maximum absolute atomic E-state index is 13.2. The fraction of sp³-hybridized carbons (Fsp3) is 0.357. The molecule has 0 bridgehead atoms. The molecule has 0 aliphatic rings. The Bertz CT molecular complexity index is 520. The Labute approximate surface area is 107 Å². The normalized spacial score (nSPS) is 10.8. The average molecular weight is 247 g/mol. The molecule has 0 saturated heterocycles. The number of hydrogen-bond donors (Lipinski definition) is 1. The number of halogens is 1. The van der Waals surface area contributed by atoms with Gasteiger partial charge in [0.25, 0.3) is 0 Å². The van der Waals surface area contributed by atoms with Crippen LogP contribution in [0.2, 0.25) is 0 Å². The molecular formula is C14H18FN3. The summed E-state index contributed by atoms with van der Waals surface area (Å²) in [5.74, 6) is -0.184. The second kappa shape index (κ2) is 5.78. The van der Waals surface area contributed by atoms with Gasteiger partial charge in [0.1, 0.15) is 5.82 Å². The second-order valence-corrected chi connectivity index (χ2v) is 4.36. The van der Waals surface area contributed by atoms with Crippen LogP contribution in [-0.4, -0.2) is 16.3 Å². The molecular weight excluding hydrogens is 229 g/mol. The second-order valence-electron chi connectivity index (χ2n) is 4.36. The van der Waals surface area contributed by atoms with E-state index in [9.17, 15) is 4.39 Å². The van der Waals surface area contributed by atoms with E-state index in [0.717, 1.165) is 30.9 Å². The molecule has 0 aliphatic carbocycles. The highest BCUT2D eigenvalue weighted by molar-refractivity contribution is 5.35. The molecule has 1 N–H and O–H groups in total. The molecule has 1 heterocycles. The van der Waals surface area contributed by atoms with Crippen molar-refractivity contribution in [3.63, 3.8) is 0 Å². The van der Waals surface area contributed by atoms with Crippen molar-refractivity contribution in [2.45, 2.75) is 26.8 Å². The first-order valence-electron chi connectivity index (χ1n) is 6.22. The maximum Gasteiger partial charge on any atom is 0.126 e. The minimum atomic E-state index is -0.184. The first kappa shape index (κ1) is 12.8. The van der Waals surface area contributed by atoms with E-state index in [2.05, 4.69) is 17.3 Å². The van der Waals surface area contributed by atoms with Gasteiger partial charge in [-0.25, -0.2) is 9.07 Å². The summed E-state index contributed by atoms with van der Waals surface area (Å²) in [6, 6.07) is 6.98. The van der Waals surface area contributed by atoms with Gasteiger partial charge in [-0.3, -0.25) is 0 Å². The van der Waals surface area contributed by atoms with Crippen LogP contribution in [0.3, 0.4) is 0 Å². The summed E-state index contributed by atoms with van der Waals surface area (Å²) >= 11 is 0. The molecule has 1 aromatic carbocycles. The van der Waals surface area contributed by atoms with Gasteiger partial charge >= 0.3 is 0 Å². The minimum Gasteiger partial charge on any atom is -0.311 e. The van der Waals surface area contributed by atoms with Gasteiger partial charge in [-0.2, -0.15) is 5.10 Å². The van der Waals surface area contributed by atoms with Gasteiger partial charge in [0.2, 0.25) is 0 Å². The van der Waals surface area contributed by atoms with Gasteiger partial charge < -0.3 is 5.32 Å². The van der Waals surface area contributed by atoms with E-state index in [4.69, 9.17) is 0 Å². The van der Waals surface area contributed by atoms with Crippen molar-refractivity contribution in [1.29, 1.82) is 0 Å². The summed E-state index contributed by atoms with van der Waals surface area (Å²) in [6.07, 6.45) is 3.01. The third-order valence-electron chi connectivity index (χ3n) is 2.78. The van der Waals surface area contributed by atoms with Crippen LogP contribution >= 0.6 is 0 Å². The molecule has 4 heteroatoms. The van der Waals surface area contributed by atoms with Crippen molar-refractivity contribution in [2.24, 2.45) is 0 Å². The summed E-state index contributed by atoms with van der Waals surface area (Å²) in [5.41, 5.74) is 2.51. The Kier molecular flexibility index (Phi) is 4.10. The SMILES string of the molecule is CCCNCc1ccn(-c2ccc(F)c(C)c2)n1. The van der Waals surface area contributed by atoms with Gasteiger partial charge in [-0.15, -0.1) is 0 Å². The summed E-state index contributed by atoms with van der Waals surface area (Å²) < 4.78 is 15.0. The number of rotatable bonds is 5. The zero-order valence-corrected chi connectivity index (χ0v) is 10.8. The average Bonchev–Trinajstić information content (AvgIpc) is 2.82. The van der Waals surface area contributed by atoms with Crippen LogP contribution < -0.4 is 5.32 Å². The molecule has 0 fully saturated rings. The van der Waals surface area contributed by atoms with Crippen molar-refractivity contribution in [1.82, 2.24) is 15.1 Å². The fourth-order valence-electron chi connectivity index (χ4n) is 1.76. The van der Waals surface area contributed by atoms with Crippen molar-refractivity contribution in [2.75, 3.05) is 6.54 Å². The van der Waals surface area contributed by atoms with Crippen LogP contribution in [0.15, 0.2) is 30.5 Å². The molecule has 0 atom stereocenters. The Hall–Kier alpha value is -1.68. The van der Waals surface area contributed by atoms with Crippen molar-refractivity contribution in [3.8, 4) is 5.69 Å². The summed E-state index contributed by atoms with van der Waals surface area (Å²) in [5, 5.41) is 7.76. The van der Waals surface area contributed by atoms with E-state index in [1.165, 1.54) is 6.07 Å². The predicted molar refractivity (Wildman–Crippen MR) is 70.3 cm³/mol. The number of nitrogens with zero attached hydrogens (tertiary/aromatic N) is 2. The molecule has 0 saturated carbocycles. The first-order chi connectivity index (χ1) is 8.70. The molecule has 2 rings (SSSR count). The van der Waals surface area contributed by atoms with Crippen LogP contribution in [0.4, 0.5) is 4.39 Å². The zero-order chi connectivity index (χ0) is 13.0. The highest BCUT2D eigenvalue weighted by Crippen LogP contribution is 2.13. The van der Waals surface area contributed by atoms with Crippen LogP contribution in [0.25, 0.3) is 5.69 Å². The smallest absolute Gasteiger partial charge is 0.126 e. The lowest BCUT2D eigenvalue weighted by atomic mass is 10.2. The van der Waals surface area contributed by atoms with Gasteiger partial charge in [0.15, 0.2) is 0 Å². The Morgan fingerprint density at radius 3 is 2.89 bits per heavy atom. The van der Waals surface area contributed by atoms with Crippen molar-refractivity contribution in [3.05, 3.63) is 47.5 Å². The molecule has 2 aromatic rings. The summed E-state index contributed by atoms with van der Waals surface area (Å²) in [4.78, 5) is 0. The molecule has 96 valence electrons. The maximum atomic E-state index is 13.2. The predicted octanol–water partition coefficient (Wildman–Crippen LogP) is 2.82. The Morgan fingerprint density at radius 1 is 1.33 bits per heavy atom. The van der Waals surface area contributed by atoms with Crippen LogP contribution in [0, 0.1) is 12.7 Å². The zero-order valence-electron chi connectivity index (χ0n) is 10.8. The largest absolute Gasteiger partial charge is 0.311 e. The Morgan fingerprint density at radius 2 is 2.17 bits per heavy atom. The summed E-state index contributed by atoms with van der Waals surface area (Å²) in [7, 11) is 0. The number of benzene rings is 1. The van der Waals surface area contributed by atoms with Crippen molar-refractivity contribution < 1.29 is 4.39 Å². The first-order valence-corrected chi connectivity index (χ1v) is 6.22. The van der Waals surface area contributed by atoms with Crippen LogP contribution in [-0.2, 0) is 6.54 Å². The van der Waals surface area contributed by atoms with E-state index in [-0.39, 0.29) is 5.82 Å².